The Morgan fingerprint density at radius 1 is 1.48 bits per heavy atom. The Morgan fingerprint density at radius 2 is 2.17 bits per heavy atom. The molecule has 1 atom stereocenters. The number of hydrogen-bond donors (Lipinski definition) is 2. The van der Waals surface area contributed by atoms with Crippen LogP contribution in [-0.4, -0.2) is 56.5 Å². The maximum atomic E-state index is 12.3. The van der Waals surface area contributed by atoms with Gasteiger partial charge in [-0.1, -0.05) is 6.07 Å². The SMILES string of the molecule is Cc1ccc(S(=O)(=O)NC2CCN(CC(F)F)C2)cc1C(=O)O. The predicted octanol–water partition coefficient (Wildman–Crippen LogP) is 1.31. The van der Waals surface area contributed by atoms with Gasteiger partial charge in [-0.3, -0.25) is 4.90 Å². The van der Waals surface area contributed by atoms with E-state index in [2.05, 4.69) is 4.72 Å². The molecule has 6 nitrogen and oxygen atoms in total. The van der Waals surface area contributed by atoms with E-state index in [0.717, 1.165) is 6.07 Å². The molecule has 128 valence electrons. The van der Waals surface area contributed by atoms with E-state index in [1.165, 1.54) is 17.0 Å². The van der Waals surface area contributed by atoms with Crippen LogP contribution in [0.25, 0.3) is 0 Å². The van der Waals surface area contributed by atoms with Crippen LogP contribution in [0.1, 0.15) is 22.3 Å². The molecule has 1 fully saturated rings. The summed E-state index contributed by atoms with van der Waals surface area (Å²) in [5, 5.41) is 9.07. The number of sulfonamides is 1. The lowest BCUT2D eigenvalue weighted by Crippen LogP contribution is -2.38. The van der Waals surface area contributed by atoms with Crippen LogP contribution in [-0.2, 0) is 10.0 Å². The van der Waals surface area contributed by atoms with Crippen molar-refractivity contribution in [1.29, 1.82) is 0 Å². The minimum Gasteiger partial charge on any atom is -0.478 e. The van der Waals surface area contributed by atoms with Gasteiger partial charge in [-0.15, -0.1) is 0 Å². The van der Waals surface area contributed by atoms with Crippen molar-refractivity contribution < 1.29 is 27.1 Å². The number of rotatable bonds is 6. The van der Waals surface area contributed by atoms with E-state index in [4.69, 9.17) is 5.11 Å². The largest absolute Gasteiger partial charge is 0.478 e. The van der Waals surface area contributed by atoms with Gasteiger partial charge in [-0.2, -0.15) is 0 Å². The van der Waals surface area contributed by atoms with Gasteiger partial charge in [0.15, 0.2) is 0 Å². The number of aromatic carboxylic acids is 1. The molecule has 2 N–H and O–H groups in total. The highest BCUT2D eigenvalue weighted by Gasteiger charge is 2.29. The zero-order valence-electron chi connectivity index (χ0n) is 12.5. The third-order valence-electron chi connectivity index (χ3n) is 3.74. The second-order valence-electron chi connectivity index (χ2n) is 5.54. The predicted molar refractivity (Wildman–Crippen MR) is 79.3 cm³/mol. The van der Waals surface area contributed by atoms with E-state index in [1.54, 1.807) is 6.92 Å². The lowest BCUT2D eigenvalue weighted by atomic mass is 10.1. The van der Waals surface area contributed by atoms with Crippen LogP contribution in [0.2, 0.25) is 0 Å². The van der Waals surface area contributed by atoms with Crippen molar-refractivity contribution in [2.45, 2.75) is 30.7 Å². The van der Waals surface area contributed by atoms with Crippen LogP contribution >= 0.6 is 0 Å². The number of halogens is 2. The summed E-state index contributed by atoms with van der Waals surface area (Å²) >= 11 is 0. The number of aryl methyl sites for hydroxylation is 1. The molecule has 1 aliphatic rings. The summed E-state index contributed by atoms with van der Waals surface area (Å²) in [6.45, 7) is 1.80. The van der Waals surface area contributed by atoms with Crippen molar-refractivity contribution in [1.82, 2.24) is 9.62 Å². The second kappa shape index (κ2) is 6.90. The normalized spacial score (nSPS) is 19.4. The van der Waals surface area contributed by atoms with Gasteiger partial charge in [0.25, 0.3) is 6.43 Å². The minimum absolute atomic E-state index is 0.0846. The molecule has 1 aromatic rings. The van der Waals surface area contributed by atoms with Crippen molar-refractivity contribution >= 4 is 16.0 Å². The highest BCUT2D eigenvalue weighted by atomic mass is 32.2. The monoisotopic (exact) mass is 348 g/mol. The lowest BCUT2D eigenvalue weighted by molar-refractivity contribution is 0.0695. The molecule has 0 spiro atoms. The van der Waals surface area contributed by atoms with Crippen LogP contribution in [0, 0.1) is 6.92 Å². The molecule has 9 heteroatoms. The van der Waals surface area contributed by atoms with Crippen molar-refractivity contribution in [3.05, 3.63) is 29.3 Å². The number of carboxylic acid groups (broad SMARTS) is 1. The number of benzene rings is 1. The first-order valence-electron chi connectivity index (χ1n) is 7.06. The van der Waals surface area contributed by atoms with E-state index in [9.17, 15) is 22.0 Å². The number of carboxylic acids is 1. The Bertz CT molecular complexity index is 694. The average molecular weight is 348 g/mol. The van der Waals surface area contributed by atoms with E-state index in [-0.39, 0.29) is 23.5 Å². The van der Waals surface area contributed by atoms with Gasteiger partial charge in [0.05, 0.1) is 17.0 Å². The number of nitrogens with one attached hydrogen (secondary N) is 1. The highest BCUT2D eigenvalue weighted by molar-refractivity contribution is 7.89. The van der Waals surface area contributed by atoms with E-state index in [0.29, 0.717) is 18.5 Å². The maximum Gasteiger partial charge on any atom is 0.335 e. The fraction of sp³-hybridized carbons (Fsp3) is 0.500. The third kappa shape index (κ3) is 4.46. The fourth-order valence-electron chi connectivity index (χ4n) is 2.58. The first-order chi connectivity index (χ1) is 10.7. The summed E-state index contributed by atoms with van der Waals surface area (Å²) in [4.78, 5) is 12.4. The zero-order valence-corrected chi connectivity index (χ0v) is 13.3. The van der Waals surface area contributed by atoms with Gasteiger partial charge >= 0.3 is 5.97 Å². The molecule has 1 unspecified atom stereocenters. The number of nitrogens with zero attached hydrogens (tertiary/aromatic N) is 1. The van der Waals surface area contributed by atoms with Crippen molar-refractivity contribution in [2.24, 2.45) is 0 Å². The van der Waals surface area contributed by atoms with Gasteiger partial charge in [-0.05, 0) is 37.6 Å². The molecule has 0 radical (unpaired) electrons. The van der Waals surface area contributed by atoms with Crippen LogP contribution in [0.3, 0.4) is 0 Å². The van der Waals surface area contributed by atoms with E-state index < -0.39 is 28.5 Å². The summed E-state index contributed by atoms with van der Waals surface area (Å²) in [7, 11) is -3.90. The number of carbonyl (C=O) groups is 1. The Hall–Kier alpha value is -1.58. The van der Waals surface area contributed by atoms with E-state index in [1.807, 2.05) is 0 Å². The molecule has 0 saturated carbocycles. The topological polar surface area (TPSA) is 86.7 Å². The van der Waals surface area contributed by atoms with Gasteiger partial charge < -0.3 is 5.11 Å². The third-order valence-corrected chi connectivity index (χ3v) is 5.26. The number of likely N-dealkylation sites (tertiary alicyclic amines) is 1. The first kappa shape index (κ1) is 17.8. The smallest absolute Gasteiger partial charge is 0.335 e. The van der Waals surface area contributed by atoms with Gasteiger partial charge in [0.1, 0.15) is 0 Å². The standard InChI is InChI=1S/C14H18F2N2O4S/c1-9-2-3-11(6-12(9)14(19)20)23(21,22)17-10-4-5-18(7-10)8-13(15)16/h2-3,6,10,13,17H,4-5,7-8H2,1H3,(H,19,20). The van der Waals surface area contributed by atoms with Crippen molar-refractivity contribution in [2.75, 3.05) is 19.6 Å². The molecule has 23 heavy (non-hydrogen) atoms. The van der Waals surface area contributed by atoms with E-state index >= 15 is 0 Å². The average Bonchev–Trinajstić information content (AvgIpc) is 2.84. The van der Waals surface area contributed by atoms with Crippen LogP contribution in [0.5, 0.6) is 0 Å². The Morgan fingerprint density at radius 3 is 2.78 bits per heavy atom. The molecule has 0 bridgehead atoms. The Balaban J connectivity index is 2.11. The summed E-state index contributed by atoms with van der Waals surface area (Å²) in [6, 6.07) is 3.39. The van der Waals surface area contributed by atoms with Gasteiger partial charge in [-0.25, -0.2) is 26.7 Å². The minimum atomic E-state index is -3.90. The number of hydrogen-bond acceptors (Lipinski definition) is 4. The summed E-state index contributed by atoms with van der Waals surface area (Å²) in [5.74, 6) is -1.21. The highest BCUT2D eigenvalue weighted by Crippen LogP contribution is 2.18. The van der Waals surface area contributed by atoms with Crippen molar-refractivity contribution in [3.63, 3.8) is 0 Å². The molecular formula is C14H18F2N2O4S. The molecule has 0 aliphatic carbocycles. The summed E-state index contributed by atoms with van der Waals surface area (Å²) < 4.78 is 51.8. The second-order valence-corrected chi connectivity index (χ2v) is 7.25. The van der Waals surface area contributed by atoms with Crippen LogP contribution in [0.15, 0.2) is 23.1 Å². The molecule has 0 amide bonds. The molecule has 2 rings (SSSR count). The molecule has 1 saturated heterocycles. The quantitative estimate of drug-likeness (QED) is 0.809. The molecule has 1 heterocycles. The summed E-state index contributed by atoms with van der Waals surface area (Å²) in [5.41, 5.74) is 0.374. The molecule has 0 aromatic heterocycles. The fourth-order valence-corrected chi connectivity index (χ4v) is 3.86. The lowest BCUT2D eigenvalue weighted by Gasteiger charge is -2.16. The summed E-state index contributed by atoms with van der Waals surface area (Å²) in [6.07, 6.45) is -2.02. The Kier molecular flexibility index (Phi) is 5.33. The first-order valence-corrected chi connectivity index (χ1v) is 8.54. The van der Waals surface area contributed by atoms with Crippen molar-refractivity contribution in [3.8, 4) is 0 Å². The maximum absolute atomic E-state index is 12.3. The van der Waals surface area contributed by atoms with Gasteiger partial charge in [0, 0.05) is 12.6 Å². The van der Waals surface area contributed by atoms with Crippen LogP contribution < -0.4 is 4.72 Å². The molecule has 1 aromatic carbocycles. The molecular weight excluding hydrogens is 330 g/mol. The van der Waals surface area contributed by atoms with Gasteiger partial charge in [0.2, 0.25) is 10.0 Å². The van der Waals surface area contributed by atoms with Crippen LogP contribution in [0.4, 0.5) is 8.78 Å². The Labute approximate surface area is 133 Å². The molecule has 1 aliphatic heterocycles. The zero-order chi connectivity index (χ0) is 17.2. The number of alkyl halides is 2.